The first-order valence-electron chi connectivity index (χ1n) is 4.51. The Labute approximate surface area is 75.9 Å². The van der Waals surface area contributed by atoms with Crippen LogP contribution in [0, 0.1) is 5.41 Å². The van der Waals surface area contributed by atoms with Crippen LogP contribution >= 0.6 is 0 Å². The smallest absolute Gasteiger partial charge is 0.249 e. The summed E-state index contributed by atoms with van der Waals surface area (Å²) in [6.07, 6.45) is 0.0445. The molecule has 0 aromatic heterocycles. The van der Waals surface area contributed by atoms with Gasteiger partial charge in [0.25, 0.3) is 0 Å². The van der Waals surface area contributed by atoms with E-state index < -0.39 is 5.92 Å². The summed E-state index contributed by atoms with van der Waals surface area (Å²) in [7, 11) is 0. The number of carbonyl (C=O) groups excluding carboxylic acids is 1. The molecule has 0 atom stereocenters. The SMILES string of the molecule is CC(=O)CN1CC2(C1)CC(F)(F)C2. The molecule has 0 bridgehead atoms. The van der Waals surface area contributed by atoms with Crippen molar-refractivity contribution < 1.29 is 13.6 Å². The second kappa shape index (κ2) is 2.50. The van der Waals surface area contributed by atoms with E-state index in [-0.39, 0.29) is 24.0 Å². The first kappa shape index (κ1) is 9.06. The largest absolute Gasteiger partial charge is 0.299 e. The second-order valence-electron chi connectivity index (χ2n) is 4.56. The molecule has 0 aromatic carbocycles. The van der Waals surface area contributed by atoms with Gasteiger partial charge in [0.15, 0.2) is 0 Å². The van der Waals surface area contributed by atoms with Gasteiger partial charge in [-0.1, -0.05) is 0 Å². The van der Waals surface area contributed by atoms with Gasteiger partial charge in [-0.2, -0.15) is 0 Å². The summed E-state index contributed by atoms with van der Waals surface area (Å²) >= 11 is 0. The summed E-state index contributed by atoms with van der Waals surface area (Å²) in [5.41, 5.74) is -0.140. The van der Waals surface area contributed by atoms with E-state index in [4.69, 9.17) is 0 Å². The third kappa shape index (κ3) is 1.59. The van der Waals surface area contributed by atoms with E-state index in [1.165, 1.54) is 6.92 Å². The van der Waals surface area contributed by atoms with Crippen molar-refractivity contribution in [3.05, 3.63) is 0 Å². The standard InChI is InChI=1S/C9H13F2NO/c1-7(13)2-12-5-8(6-12)3-9(10,11)4-8/h2-6H2,1H3. The van der Waals surface area contributed by atoms with Gasteiger partial charge >= 0.3 is 0 Å². The van der Waals surface area contributed by atoms with Crippen LogP contribution in [0.5, 0.6) is 0 Å². The van der Waals surface area contributed by atoms with Crippen molar-refractivity contribution in [3.63, 3.8) is 0 Å². The lowest BCUT2D eigenvalue weighted by molar-refractivity contribution is -0.212. The van der Waals surface area contributed by atoms with Crippen LogP contribution < -0.4 is 0 Å². The van der Waals surface area contributed by atoms with E-state index in [2.05, 4.69) is 0 Å². The molecule has 0 amide bonds. The molecule has 2 fully saturated rings. The topological polar surface area (TPSA) is 20.3 Å². The lowest BCUT2D eigenvalue weighted by atomic mass is 9.61. The normalized spacial score (nSPS) is 29.5. The van der Waals surface area contributed by atoms with Crippen molar-refractivity contribution >= 4 is 5.78 Å². The van der Waals surface area contributed by atoms with Crippen LogP contribution in [0.25, 0.3) is 0 Å². The molecule has 1 aliphatic heterocycles. The predicted octanol–water partition coefficient (Wildman–Crippen LogP) is 1.31. The molecular weight excluding hydrogens is 176 g/mol. The number of Topliss-reactive ketones (excluding diaryl/α,β-unsaturated/α-hetero) is 1. The molecular formula is C9H13F2NO. The Hall–Kier alpha value is -0.510. The maximum atomic E-state index is 12.6. The number of hydrogen-bond acceptors (Lipinski definition) is 2. The van der Waals surface area contributed by atoms with Gasteiger partial charge in [0.2, 0.25) is 5.92 Å². The fraction of sp³-hybridized carbons (Fsp3) is 0.889. The molecule has 1 saturated heterocycles. The summed E-state index contributed by atoms with van der Waals surface area (Å²) in [6, 6.07) is 0. The Morgan fingerprint density at radius 3 is 2.31 bits per heavy atom. The fourth-order valence-corrected chi connectivity index (χ4v) is 2.60. The molecule has 1 saturated carbocycles. The highest BCUT2D eigenvalue weighted by molar-refractivity contribution is 5.77. The monoisotopic (exact) mass is 189 g/mol. The van der Waals surface area contributed by atoms with Crippen LogP contribution in [-0.2, 0) is 4.79 Å². The van der Waals surface area contributed by atoms with E-state index >= 15 is 0 Å². The minimum absolute atomic E-state index is 0.0222. The van der Waals surface area contributed by atoms with E-state index in [9.17, 15) is 13.6 Å². The van der Waals surface area contributed by atoms with Gasteiger partial charge in [0.1, 0.15) is 5.78 Å². The lowest BCUT2D eigenvalue weighted by Crippen LogP contribution is -2.66. The minimum Gasteiger partial charge on any atom is -0.299 e. The highest BCUT2D eigenvalue weighted by Gasteiger charge is 2.61. The average molecular weight is 189 g/mol. The van der Waals surface area contributed by atoms with Crippen LogP contribution in [0.15, 0.2) is 0 Å². The summed E-state index contributed by atoms with van der Waals surface area (Å²) in [5.74, 6) is -2.32. The molecule has 0 unspecified atom stereocenters. The van der Waals surface area contributed by atoms with Gasteiger partial charge in [0.05, 0.1) is 6.54 Å². The number of alkyl halides is 2. The van der Waals surface area contributed by atoms with Gasteiger partial charge in [-0.05, 0) is 6.92 Å². The second-order valence-corrected chi connectivity index (χ2v) is 4.56. The number of ketones is 1. The molecule has 74 valence electrons. The van der Waals surface area contributed by atoms with Crippen molar-refractivity contribution in [1.82, 2.24) is 4.90 Å². The molecule has 0 N–H and O–H groups in total. The zero-order chi connectivity index (χ0) is 9.69. The number of hydrogen-bond donors (Lipinski definition) is 0. The predicted molar refractivity (Wildman–Crippen MR) is 43.7 cm³/mol. The Morgan fingerprint density at radius 1 is 1.38 bits per heavy atom. The Morgan fingerprint density at radius 2 is 1.92 bits per heavy atom. The van der Waals surface area contributed by atoms with E-state index in [0.29, 0.717) is 19.6 Å². The van der Waals surface area contributed by atoms with Gasteiger partial charge in [-0.25, -0.2) is 8.78 Å². The minimum atomic E-state index is -2.43. The van der Waals surface area contributed by atoms with Crippen molar-refractivity contribution in [2.75, 3.05) is 19.6 Å². The molecule has 1 heterocycles. The number of likely N-dealkylation sites (tertiary alicyclic amines) is 1. The molecule has 2 nitrogen and oxygen atoms in total. The highest BCUT2D eigenvalue weighted by Crippen LogP contribution is 2.56. The molecule has 2 rings (SSSR count). The van der Waals surface area contributed by atoms with Crippen LogP contribution in [0.3, 0.4) is 0 Å². The van der Waals surface area contributed by atoms with E-state index in [1.54, 1.807) is 0 Å². The quantitative estimate of drug-likeness (QED) is 0.652. The molecule has 0 radical (unpaired) electrons. The summed E-state index contributed by atoms with van der Waals surface area (Å²) < 4.78 is 25.1. The van der Waals surface area contributed by atoms with Crippen molar-refractivity contribution in [1.29, 1.82) is 0 Å². The first-order chi connectivity index (χ1) is 5.91. The first-order valence-corrected chi connectivity index (χ1v) is 4.51. The third-order valence-corrected chi connectivity index (χ3v) is 2.83. The maximum Gasteiger partial charge on any atom is 0.249 e. The Kier molecular flexibility index (Phi) is 1.74. The van der Waals surface area contributed by atoms with E-state index in [0.717, 1.165) is 0 Å². The van der Waals surface area contributed by atoms with Crippen LogP contribution in [-0.4, -0.2) is 36.2 Å². The fourth-order valence-electron chi connectivity index (χ4n) is 2.60. The summed E-state index contributed by atoms with van der Waals surface area (Å²) in [6.45, 7) is 3.32. The van der Waals surface area contributed by atoms with Crippen LogP contribution in [0.1, 0.15) is 19.8 Å². The molecule has 13 heavy (non-hydrogen) atoms. The van der Waals surface area contributed by atoms with Crippen molar-refractivity contribution in [2.24, 2.45) is 5.41 Å². The van der Waals surface area contributed by atoms with Gasteiger partial charge in [0, 0.05) is 31.3 Å². The summed E-state index contributed by atoms with van der Waals surface area (Å²) in [4.78, 5) is 12.6. The van der Waals surface area contributed by atoms with Gasteiger partial charge in [-0.15, -0.1) is 0 Å². The lowest BCUT2D eigenvalue weighted by Gasteiger charge is -2.58. The Balaban J connectivity index is 1.77. The molecule has 4 heteroatoms. The number of rotatable bonds is 2. The van der Waals surface area contributed by atoms with Gasteiger partial charge in [-0.3, -0.25) is 9.69 Å². The van der Waals surface area contributed by atoms with E-state index in [1.807, 2.05) is 4.90 Å². The van der Waals surface area contributed by atoms with Crippen LogP contribution in [0.4, 0.5) is 8.78 Å². The zero-order valence-electron chi connectivity index (χ0n) is 7.65. The van der Waals surface area contributed by atoms with Crippen LogP contribution in [0.2, 0.25) is 0 Å². The Bertz CT molecular complexity index is 236. The molecule has 2 aliphatic rings. The molecule has 1 aliphatic carbocycles. The van der Waals surface area contributed by atoms with Crippen molar-refractivity contribution in [2.45, 2.75) is 25.7 Å². The van der Waals surface area contributed by atoms with Crippen molar-refractivity contribution in [3.8, 4) is 0 Å². The number of carbonyl (C=O) groups is 1. The number of halogens is 2. The third-order valence-electron chi connectivity index (χ3n) is 2.83. The average Bonchev–Trinajstić information content (AvgIpc) is 1.77. The maximum absolute atomic E-state index is 12.6. The number of nitrogens with zero attached hydrogens (tertiary/aromatic N) is 1. The zero-order valence-corrected chi connectivity index (χ0v) is 7.65. The molecule has 1 spiro atoms. The highest BCUT2D eigenvalue weighted by atomic mass is 19.3. The molecule has 0 aromatic rings. The van der Waals surface area contributed by atoms with Gasteiger partial charge < -0.3 is 0 Å². The summed E-state index contributed by atoms with van der Waals surface area (Å²) in [5, 5.41) is 0.